The molecule has 17 heavy (non-hydrogen) atoms. The first-order valence-electron chi connectivity index (χ1n) is 5.81. The van der Waals surface area contributed by atoms with E-state index in [-0.39, 0.29) is 11.8 Å². The second-order valence-corrected chi connectivity index (χ2v) is 4.22. The van der Waals surface area contributed by atoms with Crippen molar-refractivity contribution in [2.75, 3.05) is 6.54 Å². The Kier molecular flexibility index (Phi) is 6.94. The van der Waals surface area contributed by atoms with E-state index in [4.69, 9.17) is 5.73 Å². The van der Waals surface area contributed by atoms with Crippen molar-refractivity contribution in [1.82, 2.24) is 4.90 Å². The number of allylic oxidation sites excluding steroid dienone is 1. The average molecular weight is 238 g/mol. The van der Waals surface area contributed by atoms with Crippen molar-refractivity contribution in [3.05, 3.63) is 24.4 Å². The van der Waals surface area contributed by atoms with Crippen LogP contribution in [0.2, 0.25) is 0 Å². The molecule has 4 nitrogen and oxygen atoms in total. The maximum Gasteiger partial charge on any atom is 0.244 e. The lowest BCUT2D eigenvalue weighted by Crippen LogP contribution is -2.16. The number of rotatable bonds is 3. The van der Waals surface area contributed by atoms with Crippen LogP contribution in [0.1, 0.15) is 33.6 Å². The van der Waals surface area contributed by atoms with Crippen molar-refractivity contribution >= 4 is 11.8 Å². The van der Waals surface area contributed by atoms with Crippen LogP contribution in [-0.4, -0.2) is 23.3 Å². The largest absolute Gasteiger partial charge is 0.366 e. The average Bonchev–Trinajstić information content (AvgIpc) is 2.64. The number of amides is 2. The van der Waals surface area contributed by atoms with Crippen LogP contribution in [-0.2, 0) is 9.59 Å². The Hall–Kier alpha value is -1.58. The van der Waals surface area contributed by atoms with Crippen molar-refractivity contribution in [3.8, 4) is 0 Å². The Bertz CT molecular complexity index is 319. The standard InChI is InChI=1S/C7H11NO.C6H11NO/c1-2-5-8-6-3-4-7(8)9;1-4(2)5(3)6(7)8/h2,5H,3-4,6H2,1H3;4H,3H2,1-2H3,(H2,7,8). The fraction of sp³-hybridized carbons (Fsp3) is 0.538. The molecule has 0 radical (unpaired) electrons. The van der Waals surface area contributed by atoms with E-state index < -0.39 is 5.91 Å². The molecule has 1 rings (SSSR count). The normalized spacial score (nSPS) is 15.1. The zero-order chi connectivity index (χ0) is 13.4. The third-order valence-corrected chi connectivity index (χ3v) is 2.45. The number of carbonyl (C=O) groups excluding carboxylic acids is 2. The number of nitrogens with two attached hydrogens (primary N) is 1. The zero-order valence-electron chi connectivity index (χ0n) is 10.9. The summed E-state index contributed by atoms with van der Waals surface area (Å²) in [7, 11) is 0. The van der Waals surface area contributed by atoms with E-state index in [0.29, 0.717) is 5.57 Å². The van der Waals surface area contributed by atoms with E-state index in [1.807, 2.05) is 33.0 Å². The van der Waals surface area contributed by atoms with Gasteiger partial charge in [0, 0.05) is 24.7 Å². The summed E-state index contributed by atoms with van der Waals surface area (Å²) in [5, 5.41) is 0. The van der Waals surface area contributed by atoms with E-state index in [0.717, 1.165) is 19.4 Å². The number of carbonyl (C=O) groups is 2. The molecule has 0 aromatic heterocycles. The summed E-state index contributed by atoms with van der Waals surface area (Å²) in [6.07, 6.45) is 5.48. The van der Waals surface area contributed by atoms with Gasteiger partial charge in [0.1, 0.15) is 0 Å². The van der Waals surface area contributed by atoms with Crippen molar-refractivity contribution in [2.45, 2.75) is 33.6 Å². The summed E-state index contributed by atoms with van der Waals surface area (Å²) >= 11 is 0. The van der Waals surface area contributed by atoms with Crippen LogP contribution in [0.5, 0.6) is 0 Å². The van der Waals surface area contributed by atoms with Crippen LogP contribution >= 0.6 is 0 Å². The fourth-order valence-electron chi connectivity index (χ4n) is 1.29. The maximum atomic E-state index is 10.8. The van der Waals surface area contributed by atoms with Gasteiger partial charge in [-0.15, -0.1) is 0 Å². The molecule has 2 amide bonds. The molecule has 0 spiro atoms. The Morgan fingerprint density at radius 2 is 2.12 bits per heavy atom. The molecule has 2 N–H and O–H groups in total. The van der Waals surface area contributed by atoms with E-state index in [2.05, 4.69) is 6.58 Å². The molecule has 0 aromatic rings. The van der Waals surface area contributed by atoms with Crippen molar-refractivity contribution in [2.24, 2.45) is 11.7 Å². The Morgan fingerprint density at radius 1 is 1.53 bits per heavy atom. The van der Waals surface area contributed by atoms with Crippen LogP contribution in [0, 0.1) is 5.92 Å². The van der Waals surface area contributed by atoms with Gasteiger partial charge in [-0.05, 0) is 19.3 Å². The van der Waals surface area contributed by atoms with Gasteiger partial charge in [0.25, 0.3) is 0 Å². The van der Waals surface area contributed by atoms with Crippen LogP contribution in [0.4, 0.5) is 0 Å². The van der Waals surface area contributed by atoms with E-state index in [1.165, 1.54) is 0 Å². The molecule has 0 atom stereocenters. The third-order valence-electron chi connectivity index (χ3n) is 2.45. The highest BCUT2D eigenvalue weighted by Crippen LogP contribution is 2.08. The van der Waals surface area contributed by atoms with Crippen molar-refractivity contribution in [1.29, 1.82) is 0 Å². The number of hydrogen-bond acceptors (Lipinski definition) is 2. The Labute approximate surface area is 103 Å². The minimum atomic E-state index is -0.403. The smallest absolute Gasteiger partial charge is 0.244 e. The van der Waals surface area contributed by atoms with Gasteiger partial charge in [0.15, 0.2) is 0 Å². The highest BCUT2D eigenvalue weighted by Gasteiger charge is 2.16. The molecule has 0 aromatic carbocycles. The highest BCUT2D eigenvalue weighted by atomic mass is 16.2. The molecule has 0 aliphatic carbocycles. The van der Waals surface area contributed by atoms with Gasteiger partial charge in [-0.3, -0.25) is 9.59 Å². The van der Waals surface area contributed by atoms with E-state index in [1.54, 1.807) is 4.90 Å². The van der Waals surface area contributed by atoms with Gasteiger partial charge in [-0.1, -0.05) is 26.5 Å². The molecule has 0 unspecified atom stereocenters. The first-order valence-corrected chi connectivity index (χ1v) is 5.81. The molecule has 0 saturated carbocycles. The summed E-state index contributed by atoms with van der Waals surface area (Å²) in [5.74, 6) is 0.0283. The number of hydrogen-bond donors (Lipinski definition) is 1. The van der Waals surface area contributed by atoms with Crippen molar-refractivity contribution in [3.63, 3.8) is 0 Å². The first kappa shape index (κ1) is 15.4. The zero-order valence-corrected chi connectivity index (χ0v) is 10.9. The Balaban J connectivity index is 0.000000304. The van der Waals surface area contributed by atoms with Crippen LogP contribution in [0.3, 0.4) is 0 Å². The molecular formula is C13H22N2O2. The highest BCUT2D eigenvalue weighted by molar-refractivity contribution is 5.91. The molecule has 4 heteroatoms. The van der Waals surface area contributed by atoms with Gasteiger partial charge < -0.3 is 10.6 Å². The minimum absolute atomic E-state index is 0.174. The lowest BCUT2D eigenvalue weighted by atomic mass is 10.1. The molecule has 1 heterocycles. The fourth-order valence-corrected chi connectivity index (χ4v) is 1.29. The van der Waals surface area contributed by atoms with Gasteiger partial charge in [-0.25, -0.2) is 0 Å². The summed E-state index contributed by atoms with van der Waals surface area (Å²) in [5.41, 5.74) is 5.39. The maximum absolute atomic E-state index is 10.8. The van der Waals surface area contributed by atoms with Crippen LogP contribution < -0.4 is 5.73 Å². The number of likely N-dealkylation sites (tertiary alicyclic amines) is 1. The van der Waals surface area contributed by atoms with Crippen molar-refractivity contribution < 1.29 is 9.59 Å². The summed E-state index contributed by atoms with van der Waals surface area (Å²) in [6, 6.07) is 0. The molecule has 0 bridgehead atoms. The van der Waals surface area contributed by atoms with Gasteiger partial charge in [-0.2, -0.15) is 0 Å². The van der Waals surface area contributed by atoms with Gasteiger partial charge in [0.2, 0.25) is 11.8 Å². The SMILES string of the molecule is C=C(C(N)=O)C(C)C.CC=CN1CCCC1=O. The second-order valence-electron chi connectivity index (χ2n) is 4.22. The predicted molar refractivity (Wildman–Crippen MR) is 68.9 cm³/mol. The van der Waals surface area contributed by atoms with E-state index >= 15 is 0 Å². The van der Waals surface area contributed by atoms with E-state index in [9.17, 15) is 9.59 Å². The predicted octanol–water partition coefficient (Wildman–Crippen LogP) is 1.83. The molecule has 1 aliphatic rings. The molecule has 1 aliphatic heterocycles. The molecule has 96 valence electrons. The van der Waals surface area contributed by atoms with Gasteiger partial charge >= 0.3 is 0 Å². The van der Waals surface area contributed by atoms with Gasteiger partial charge in [0.05, 0.1) is 0 Å². The number of nitrogens with zero attached hydrogens (tertiary/aromatic N) is 1. The third kappa shape index (κ3) is 5.90. The Morgan fingerprint density at radius 3 is 2.35 bits per heavy atom. The topological polar surface area (TPSA) is 63.4 Å². The minimum Gasteiger partial charge on any atom is -0.366 e. The number of primary amides is 1. The monoisotopic (exact) mass is 238 g/mol. The second kappa shape index (κ2) is 7.65. The molecular weight excluding hydrogens is 216 g/mol. The van der Waals surface area contributed by atoms with Crippen LogP contribution in [0.15, 0.2) is 24.4 Å². The lowest BCUT2D eigenvalue weighted by molar-refractivity contribution is -0.125. The molecule has 1 saturated heterocycles. The first-order chi connectivity index (χ1) is 7.90. The molecule has 1 fully saturated rings. The lowest BCUT2D eigenvalue weighted by Gasteiger charge is -2.06. The quantitative estimate of drug-likeness (QED) is 0.762. The summed E-state index contributed by atoms with van der Waals surface area (Å²) in [6.45, 7) is 10.1. The van der Waals surface area contributed by atoms with Crippen LogP contribution in [0.25, 0.3) is 0 Å². The summed E-state index contributed by atoms with van der Waals surface area (Å²) in [4.78, 5) is 22.9. The summed E-state index contributed by atoms with van der Waals surface area (Å²) < 4.78 is 0.